The number of rotatable bonds is 5. The molecule has 2 heteroatoms. The fourth-order valence-electron chi connectivity index (χ4n) is 1.41. The minimum atomic E-state index is -0.242. The van der Waals surface area contributed by atoms with Gasteiger partial charge in [-0.05, 0) is 18.8 Å². The van der Waals surface area contributed by atoms with Crippen LogP contribution in [0.2, 0.25) is 0 Å². The van der Waals surface area contributed by atoms with Crippen molar-refractivity contribution in [3.05, 3.63) is 0 Å². The van der Waals surface area contributed by atoms with Gasteiger partial charge in [0.15, 0.2) is 0 Å². The first-order valence-electron chi connectivity index (χ1n) is 4.32. The summed E-state index contributed by atoms with van der Waals surface area (Å²) in [6, 6.07) is 0. The average Bonchev–Trinajstić information content (AvgIpc) is 2.00. The minimum absolute atomic E-state index is 0.0954. The van der Waals surface area contributed by atoms with Gasteiger partial charge in [-0.2, -0.15) is 0 Å². The molecule has 2 nitrogen and oxygen atoms in total. The summed E-state index contributed by atoms with van der Waals surface area (Å²) < 4.78 is 0. The first-order chi connectivity index (χ1) is 5.10. The molecule has 0 heterocycles. The summed E-state index contributed by atoms with van der Waals surface area (Å²) in [7, 11) is 0. The molecule has 0 aliphatic rings. The molecule has 68 valence electrons. The van der Waals surface area contributed by atoms with E-state index in [9.17, 15) is 0 Å². The lowest BCUT2D eigenvalue weighted by molar-refractivity contribution is 0.0336. The van der Waals surface area contributed by atoms with Gasteiger partial charge in [-0.1, -0.05) is 20.8 Å². The second-order valence-corrected chi connectivity index (χ2v) is 3.77. The Morgan fingerprint density at radius 2 is 1.64 bits per heavy atom. The van der Waals surface area contributed by atoms with Gasteiger partial charge >= 0.3 is 0 Å². The lowest BCUT2D eigenvalue weighted by Crippen LogP contribution is -2.30. The average molecular weight is 160 g/mol. The van der Waals surface area contributed by atoms with Crippen LogP contribution in [0.4, 0.5) is 0 Å². The van der Waals surface area contributed by atoms with Gasteiger partial charge in [0.05, 0.1) is 13.2 Å². The second kappa shape index (κ2) is 4.73. The van der Waals surface area contributed by atoms with Crippen LogP contribution in [-0.4, -0.2) is 23.4 Å². The number of hydrogen-bond donors (Lipinski definition) is 2. The molecule has 0 aromatic heterocycles. The smallest absolute Gasteiger partial charge is 0.0509 e. The van der Waals surface area contributed by atoms with Crippen LogP contribution in [0, 0.1) is 11.3 Å². The van der Waals surface area contributed by atoms with Crippen LogP contribution < -0.4 is 0 Å². The first kappa shape index (κ1) is 10.9. The molecule has 11 heavy (non-hydrogen) atoms. The summed E-state index contributed by atoms with van der Waals surface area (Å²) in [6.07, 6.45) is 1.74. The standard InChI is InChI=1S/C9H20O2/c1-4-9(6-10,7-11)5-8(2)3/h8,10-11H,4-7H2,1-3H3. The van der Waals surface area contributed by atoms with Gasteiger partial charge in [-0.25, -0.2) is 0 Å². The Bertz CT molecular complexity index is 87.5. The summed E-state index contributed by atoms with van der Waals surface area (Å²) in [5.74, 6) is 0.536. The molecular formula is C9H20O2. The topological polar surface area (TPSA) is 40.5 Å². The van der Waals surface area contributed by atoms with Crippen molar-refractivity contribution in [2.24, 2.45) is 11.3 Å². The third kappa shape index (κ3) is 3.21. The summed E-state index contributed by atoms with van der Waals surface area (Å²) >= 11 is 0. The van der Waals surface area contributed by atoms with E-state index in [1.165, 1.54) is 0 Å². The van der Waals surface area contributed by atoms with Crippen LogP contribution in [0.1, 0.15) is 33.6 Å². The summed E-state index contributed by atoms with van der Waals surface area (Å²) in [5.41, 5.74) is -0.242. The van der Waals surface area contributed by atoms with Crippen LogP contribution in [0.3, 0.4) is 0 Å². The van der Waals surface area contributed by atoms with Crippen LogP contribution in [-0.2, 0) is 0 Å². The lowest BCUT2D eigenvalue weighted by Gasteiger charge is -2.29. The van der Waals surface area contributed by atoms with Crippen molar-refractivity contribution in [2.45, 2.75) is 33.6 Å². The highest BCUT2D eigenvalue weighted by molar-refractivity contribution is 4.77. The maximum atomic E-state index is 9.07. The highest BCUT2D eigenvalue weighted by Crippen LogP contribution is 2.28. The zero-order valence-corrected chi connectivity index (χ0v) is 7.80. The van der Waals surface area contributed by atoms with Gasteiger partial charge in [-0.3, -0.25) is 0 Å². The van der Waals surface area contributed by atoms with Crippen LogP contribution in [0.5, 0.6) is 0 Å². The van der Waals surface area contributed by atoms with Gasteiger partial charge in [0.25, 0.3) is 0 Å². The predicted molar refractivity (Wildman–Crippen MR) is 46.4 cm³/mol. The third-order valence-electron chi connectivity index (χ3n) is 2.26. The maximum Gasteiger partial charge on any atom is 0.0509 e. The Morgan fingerprint density at radius 1 is 1.18 bits per heavy atom. The molecule has 0 saturated carbocycles. The van der Waals surface area contributed by atoms with Gasteiger partial charge in [-0.15, -0.1) is 0 Å². The van der Waals surface area contributed by atoms with Gasteiger partial charge in [0, 0.05) is 5.41 Å². The van der Waals surface area contributed by atoms with E-state index in [2.05, 4.69) is 13.8 Å². The van der Waals surface area contributed by atoms with E-state index in [1.54, 1.807) is 0 Å². The van der Waals surface area contributed by atoms with E-state index < -0.39 is 0 Å². The molecule has 0 fully saturated rings. The lowest BCUT2D eigenvalue weighted by atomic mass is 9.79. The van der Waals surface area contributed by atoms with Crippen molar-refractivity contribution in [1.82, 2.24) is 0 Å². The summed E-state index contributed by atoms with van der Waals surface area (Å²) in [5, 5.41) is 18.1. The van der Waals surface area contributed by atoms with Crippen molar-refractivity contribution >= 4 is 0 Å². The summed E-state index contributed by atoms with van der Waals surface area (Å²) in [6.45, 7) is 6.41. The molecule has 0 amide bonds. The highest BCUT2D eigenvalue weighted by atomic mass is 16.3. The third-order valence-corrected chi connectivity index (χ3v) is 2.26. The quantitative estimate of drug-likeness (QED) is 0.638. The van der Waals surface area contributed by atoms with E-state index >= 15 is 0 Å². The molecule has 0 aliphatic heterocycles. The highest BCUT2D eigenvalue weighted by Gasteiger charge is 2.27. The zero-order valence-electron chi connectivity index (χ0n) is 7.80. The Morgan fingerprint density at radius 3 is 1.73 bits per heavy atom. The van der Waals surface area contributed by atoms with Gasteiger partial charge in [0.2, 0.25) is 0 Å². The van der Waals surface area contributed by atoms with E-state index in [0.717, 1.165) is 12.8 Å². The fourth-order valence-corrected chi connectivity index (χ4v) is 1.41. The van der Waals surface area contributed by atoms with E-state index in [-0.39, 0.29) is 18.6 Å². The minimum Gasteiger partial charge on any atom is -0.396 e. The van der Waals surface area contributed by atoms with E-state index in [1.807, 2.05) is 6.92 Å². The maximum absolute atomic E-state index is 9.07. The molecule has 0 radical (unpaired) electrons. The Hall–Kier alpha value is -0.0800. The van der Waals surface area contributed by atoms with Crippen molar-refractivity contribution in [3.63, 3.8) is 0 Å². The predicted octanol–water partition coefficient (Wildman–Crippen LogP) is 1.41. The fraction of sp³-hybridized carbons (Fsp3) is 1.00. The largest absolute Gasteiger partial charge is 0.396 e. The molecule has 2 N–H and O–H groups in total. The normalized spacial score (nSPS) is 12.5. The Labute approximate surface area is 69.2 Å². The number of hydrogen-bond acceptors (Lipinski definition) is 2. The molecule has 0 aromatic rings. The molecule has 0 saturated heterocycles. The van der Waals surface area contributed by atoms with Crippen molar-refractivity contribution in [2.75, 3.05) is 13.2 Å². The van der Waals surface area contributed by atoms with Crippen LogP contribution in [0.15, 0.2) is 0 Å². The molecular weight excluding hydrogens is 140 g/mol. The van der Waals surface area contributed by atoms with Crippen molar-refractivity contribution in [3.8, 4) is 0 Å². The van der Waals surface area contributed by atoms with Gasteiger partial charge < -0.3 is 10.2 Å². The Balaban J connectivity index is 4.05. The zero-order chi connectivity index (χ0) is 8.91. The van der Waals surface area contributed by atoms with Gasteiger partial charge in [0.1, 0.15) is 0 Å². The molecule has 0 atom stereocenters. The first-order valence-corrected chi connectivity index (χ1v) is 4.32. The van der Waals surface area contributed by atoms with Crippen molar-refractivity contribution in [1.29, 1.82) is 0 Å². The monoisotopic (exact) mass is 160 g/mol. The van der Waals surface area contributed by atoms with Crippen LogP contribution >= 0.6 is 0 Å². The SMILES string of the molecule is CCC(CO)(CO)CC(C)C. The van der Waals surface area contributed by atoms with E-state index in [0.29, 0.717) is 5.92 Å². The van der Waals surface area contributed by atoms with E-state index in [4.69, 9.17) is 10.2 Å². The molecule has 0 rings (SSSR count). The second-order valence-electron chi connectivity index (χ2n) is 3.77. The number of aliphatic hydroxyl groups excluding tert-OH is 2. The summed E-state index contributed by atoms with van der Waals surface area (Å²) in [4.78, 5) is 0. The number of aliphatic hydroxyl groups is 2. The molecule has 0 bridgehead atoms. The van der Waals surface area contributed by atoms with Crippen LogP contribution in [0.25, 0.3) is 0 Å². The molecule has 0 aliphatic carbocycles. The molecule has 0 spiro atoms. The van der Waals surface area contributed by atoms with Crippen molar-refractivity contribution < 1.29 is 10.2 Å². The molecule has 0 aromatic carbocycles. The Kier molecular flexibility index (Phi) is 4.69. The molecule has 0 unspecified atom stereocenters.